The highest BCUT2D eigenvalue weighted by molar-refractivity contribution is 6.30. The molecule has 1 nitrogen and oxygen atoms in total. The summed E-state index contributed by atoms with van der Waals surface area (Å²) in [4.78, 5) is 0. The van der Waals surface area contributed by atoms with E-state index < -0.39 is 0 Å². The summed E-state index contributed by atoms with van der Waals surface area (Å²) in [6.45, 7) is 2.14. The van der Waals surface area contributed by atoms with Gasteiger partial charge in [0, 0.05) is 16.5 Å². The smallest absolute Gasteiger partial charge is 0.0408 e. The van der Waals surface area contributed by atoms with E-state index in [1.807, 2.05) is 18.2 Å². The first-order chi connectivity index (χ1) is 6.15. The second kappa shape index (κ2) is 3.00. The lowest BCUT2D eigenvalue weighted by Gasteiger charge is -2.07. The van der Waals surface area contributed by atoms with Crippen LogP contribution in [0.4, 0.5) is 0 Å². The number of hydrogen-bond donors (Lipinski definition) is 1. The topological polar surface area (TPSA) is 26.0 Å². The van der Waals surface area contributed by atoms with Gasteiger partial charge in [-0.3, -0.25) is 0 Å². The summed E-state index contributed by atoms with van der Waals surface area (Å²) in [6, 6.07) is 8.03. The summed E-state index contributed by atoms with van der Waals surface area (Å²) in [5, 5.41) is 0.808. The van der Waals surface area contributed by atoms with Crippen LogP contribution in [-0.4, -0.2) is 5.54 Å². The molecule has 1 saturated carbocycles. The van der Waals surface area contributed by atoms with E-state index in [4.69, 9.17) is 17.3 Å². The van der Waals surface area contributed by atoms with Crippen molar-refractivity contribution in [1.82, 2.24) is 0 Å². The van der Waals surface area contributed by atoms with Crippen molar-refractivity contribution in [2.45, 2.75) is 31.2 Å². The van der Waals surface area contributed by atoms with Crippen molar-refractivity contribution in [3.63, 3.8) is 0 Å². The molecule has 1 aromatic carbocycles. The number of nitrogens with two attached hydrogens (primary N) is 1. The van der Waals surface area contributed by atoms with E-state index in [0.717, 1.165) is 17.9 Å². The summed E-state index contributed by atoms with van der Waals surface area (Å²) >= 11 is 5.91. The number of benzene rings is 1. The Morgan fingerprint density at radius 2 is 2.38 bits per heavy atom. The second-order valence-corrected chi connectivity index (χ2v) is 4.33. The first-order valence-electron chi connectivity index (χ1n) is 4.70. The Hall–Kier alpha value is -0.530. The summed E-state index contributed by atoms with van der Waals surface area (Å²) in [5.74, 6) is 0.524. The molecule has 0 spiro atoms. The molecule has 0 radical (unpaired) electrons. The van der Waals surface area contributed by atoms with E-state index >= 15 is 0 Å². The normalized spacial score (nSPS) is 31.8. The van der Waals surface area contributed by atoms with E-state index in [1.165, 1.54) is 5.56 Å². The average Bonchev–Trinajstić information content (AvgIpc) is 2.79. The fourth-order valence-corrected chi connectivity index (χ4v) is 2.08. The average molecular weight is 196 g/mol. The van der Waals surface area contributed by atoms with Gasteiger partial charge in [-0.25, -0.2) is 0 Å². The molecule has 0 unspecified atom stereocenters. The molecule has 1 aliphatic carbocycles. The molecule has 2 atom stereocenters. The minimum absolute atomic E-state index is 0.0463. The maximum Gasteiger partial charge on any atom is 0.0408 e. The molecular weight excluding hydrogens is 182 g/mol. The highest BCUT2D eigenvalue weighted by Gasteiger charge is 2.49. The van der Waals surface area contributed by atoms with Gasteiger partial charge in [0.1, 0.15) is 0 Å². The van der Waals surface area contributed by atoms with Gasteiger partial charge >= 0.3 is 0 Å². The van der Waals surface area contributed by atoms with Crippen LogP contribution in [0.15, 0.2) is 24.3 Å². The van der Waals surface area contributed by atoms with Crippen molar-refractivity contribution in [1.29, 1.82) is 0 Å². The fourth-order valence-electron chi connectivity index (χ4n) is 1.88. The van der Waals surface area contributed by atoms with Crippen LogP contribution in [0.2, 0.25) is 5.02 Å². The molecule has 2 heteroatoms. The van der Waals surface area contributed by atoms with Gasteiger partial charge in [-0.2, -0.15) is 0 Å². The highest BCUT2D eigenvalue weighted by Crippen LogP contribution is 2.51. The first-order valence-corrected chi connectivity index (χ1v) is 5.08. The van der Waals surface area contributed by atoms with Gasteiger partial charge in [-0.15, -0.1) is 0 Å². The number of hydrogen-bond acceptors (Lipinski definition) is 1. The van der Waals surface area contributed by atoms with E-state index in [9.17, 15) is 0 Å². The highest BCUT2D eigenvalue weighted by atomic mass is 35.5. The minimum Gasteiger partial charge on any atom is -0.325 e. The Labute approximate surface area is 83.9 Å². The van der Waals surface area contributed by atoms with E-state index in [-0.39, 0.29) is 5.54 Å². The fraction of sp³-hybridized carbons (Fsp3) is 0.455. The predicted molar refractivity (Wildman–Crippen MR) is 56.0 cm³/mol. The SMILES string of the molecule is CC[C@@]1(N)C[C@@H]1c1cccc(Cl)c1. The molecule has 2 rings (SSSR count). The van der Waals surface area contributed by atoms with Crippen molar-refractivity contribution >= 4 is 11.6 Å². The molecule has 0 amide bonds. The van der Waals surface area contributed by atoms with Crippen molar-refractivity contribution < 1.29 is 0 Å². The van der Waals surface area contributed by atoms with Gasteiger partial charge in [0.05, 0.1) is 0 Å². The summed E-state index contributed by atoms with van der Waals surface area (Å²) in [7, 11) is 0. The van der Waals surface area contributed by atoms with E-state index in [2.05, 4.69) is 13.0 Å². The Bertz CT molecular complexity index is 324. The van der Waals surface area contributed by atoms with Gasteiger partial charge in [0.25, 0.3) is 0 Å². The van der Waals surface area contributed by atoms with Gasteiger partial charge < -0.3 is 5.73 Å². The van der Waals surface area contributed by atoms with Crippen LogP contribution in [0.3, 0.4) is 0 Å². The molecule has 2 N–H and O–H groups in total. The molecule has 0 bridgehead atoms. The maximum atomic E-state index is 6.13. The molecule has 0 aliphatic heterocycles. The van der Waals surface area contributed by atoms with Crippen molar-refractivity contribution in [2.24, 2.45) is 5.73 Å². The zero-order valence-corrected chi connectivity index (χ0v) is 8.51. The number of halogens is 1. The largest absolute Gasteiger partial charge is 0.325 e. The summed E-state index contributed by atoms with van der Waals surface area (Å²) in [6.07, 6.45) is 2.15. The summed E-state index contributed by atoms with van der Waals surface area (Å²) in [5.41, 5.74) is 7.46. The first kappa shape index (κ1) is 9.04. The zero-order chi connectivity index (χ0) is 9.47. The molecule has 0 heterocycles. The van der Waals surface area contributed by atoms with Crippen LogP contribution in [0.5, 0.6) is 0 Å². The predicted octanol–water partition coefficient (Wildman–Crippen LogP) is 2.93. The maximum absolute atomic E-state index is 6.13. The zero-order valence-electron chi connectivity index (χ0n) is 7.76. The second-order valence-electron chi connectivity index (χ2n) is 3.90. The lowest BCUT2D eigenvalue weighted by atomic mass is 10.1. The Balaban J connectivity index is 2.20. The van der Waals surface area contributed by atoms with Crippen molar-refractivity contribution in [3.8, 4) is 0 Å². The lowest BCUT2D eigenvalue weighted by Crippen LogP contribution is -2.22. The standard InChI is InChI=1S/C11H14ClN/c1-2-11(13)7-10(11)8-4-3-5-9(12)6-8/h3-6,10H,2,7,13H2,1H3/t10-,11-/m1/s1. The van der Waals surface area contributed by atoms with Gasteiger partial charge in [0.15, 0.2) is 0 Å². The Morgan fingerprint density at radius 3 is 2.92 bits per heavy atom. The molecule has 1 fully saturated rings. The van der Waals surface area contributed by atoms with E-state index in [0.29, 0.717) is 5.92 Å². The van der Waals surface area contributed by atoms with Gasteiger partial charge in [0.2, 0.25) is 0 Å². The van der Waals surface area contributed by atoms with Crippen LogP contribution in [0.1, 0.15) is 31.2 Å². The third kappa shape index (κ3) is 1.59. The molecule has 0 saturated heterocycles. The third-order valence-corrected chi connectivity index (χ3v) is 3.26. The monoisotopic (exact) mass is 195 g/mol. The van der Waals surface area contributed by atoms with E-state index in [1.54, 1.807) is 0 Å². The molecule has 13 heavy (non-hydrogen) atoms. The third-order valence-electron chi connectivity index (χ3n) is 3.03. The molecule has 1 aromatic rings. The van der Waals surface area contributed by atoms with Crippen LogP contribution < -0.4 is 5.73 Å². The Kier molecular flexibility index (Phi) is 2.09. The van der Waals surface area contributed by atoms with Crippen LogP contribution in [-0.2, 0) is 0 Å². The van der Waals surface area contributed by atoms with Crippen LogP contribution in [0.25, 0.3) is 0 Å². The molecular formula is C11H14ClN. The lowest BCUT2D eigenvalue weighted by molar-refractivity contribution is 0.626. The van der Waals surface area contributed by atoms with Gasteiger partial charge in [-0.1, -0.05) is 30.7 Å². The molecule has 1 aliphatic rings. The summed E-state index contributed by atoms with van der Waals surface area (Å²) < 4.78 is 0. The van der Waals surface area contributed by atoms with Crippen molar-refractivity contribution in [2.75, 3.05) is 0 Å². The molecule has 70 valence electrons. The van der Waals surface area contributed by atoms with Gasteiger partial charge in [-0.05, 0) is 30.5 Å². The minimum atomic E-state index is 0.0463. The van der Waals surface area contributed by atoms with Crippen LogP contribution in [0, 0.1) is 0 Å². The quantitative estimate of drug-likeness (QED) is 0.772. The van der Waals surface area contributed by atoms with Crippen LogP contribution >= 0.6 is 11.6 Å². The Morgan fingerprint density at radius 1 is 1.62 bits per heavy atom. The van der Waals surface area contributed by atoms with Crippen molar-refractivity contribution in [3.05, 3.63) is 34.9 Å². The number of rotatable bonds is 2. The molecule has 0 aromatic heterocycles.